The molecule has 1 atom stereocenters. The number of carboxylic acids is 1. The molecule has 0 spiro atoms. The average Bonchev–Trinajstić information content (AvgIpc) is 2.79. The molecule has 0 aromatic heterocycles. The topological polar surface area (TPSA) is 66.8 Å². The number of halogens is 1. The first-order chi connectivity index (χ1) is 9.06. The van der Waals surface area contributed by atoms with Gasteiger partial charge >= 0.3 is 5.97 Å². The third-order valence-electron chi connectivity index (χ3n) is 3.15. The fraction of sp³-hybridized carbons (Fsp3) is 0.385. The predicted molar refractivity (Wildman–Crippen MR) is 74.2 cm³/mol. The fourth-order valence-electron chi connectivity index (χ4n) is 2.16. The van der Waals surface area contributed by atoms with E-state index >= 15 is 0 Å². The summed E-state index contributed by atoms with van der Waals surface area (Å²) in [4.78, 5) is 24.8. The zero-order chi connectivity index (χ0) is 14.0. The van der Waals surface area contributed by atoms with Crippen LogP contribution in [0.5, 0.6) is 5.75 Å². The van der Waals surface area contributed by atoms with Crippen LogP contribution >= 0.6 is 15.9 Å². The Labute approximate surface area is 119 Å². The highest BCUT2D eigenvalue weighted by atomic mass is 79.9. The van der Waals surface area contributed by atoms with Gasteiger partial charge in [0.25, 0.3) is 0 Å². The van der Waals surface area contributed by atoms with E-state index in [4.69, 9.17) is 4.74 Å². The Hall–Kier alpha value is -1.56. The minimum absolute atomic E-state index is 0.0554. The van der Waals surface area contributed by atoms with Gasteiger partial charge in [-0.15, -0.1) is 0 Å². The maximum absolute atomic E-state index is 12.0. The van der Waals surface area contributed by atoms with E-state index in [9.17, 15) is 14.7 Å². The van der Waals surface area contributed by atoms with Crippen molar-refractivity contribution in [3.8, 4) is 5.75 Å². The number of hydrogen-bond acceptors (Lipinski definition) is 3. The van der Waals surface area contributed by atoms with E-state index in [1.807, 2.05) is 0 Å². The lowest BCUT2D eigenvalue weighted by atomic mass is 10.1. The summed E-state index contributed by atoms with van der Waals surface area (Å²) in [6, 6.07) is 4.64. The number of carboxylic acid groups (broad SMARTS) is 1. The highest BCUT2D eigenvalue weighted by Gasteiger charge is 2.32. The van der Waals surface area contributed by atoms with Crippen LogP contribution in [-0.2, 0) is 4.79 Å². The molecule has 0 aliphatic carbocycles. The van der Waals surface area contributed by atoms with E-state index in [2.05, 4.69) is 15.9 Å². The number of amides is 1. The number of nitrogens with zero attached hydrogens (tertiary/aromatic N) is 1. The number of rotatable bonds is 4. The molecule has 1 fully saturated rings. The molecule has 1 amide bonds. The zero-order valence-corrected chi connectivity index (χ0v) is 12.0. The van der Waals surface area contributed by atoms with Crippen molar-refractivity contribution < 1.29 is 19.4 Å². The van der Waals surface area contributed by atoms with Gasteiger partial charge in [-0.2, -0.15) is 0 Å². The Morgan fingerprint density at radius 2 is 2.32 bits per heavy atom. The van der Waals surface area contributed by atoms with Crippen molar-refractivity contribution in [2.75, 3.05) is 23.9 Å². The monoisotopic (exact) mass is 327 g/mol. The molecule has 1 unspecified atom stereocenters. The molecule has 1 aliphatic rings. The van der Waals surface area contributed by atoms with Crippen LogP contribution in [0, 0.1) is 5.92 Å². The van der Waals surface area contributed by atoms with Gasteiger partial charge in [-0.1, -0.05) is 15.9 Å². The van der Waals surface area contributed by atoms with Crippen LogP contribution in [0.2, 0.25) is 0 Å². The van der Waals surface area contributed by atoms with Crippen LogP contribution in [0.3, 0.4) is 0 Å². The molecule has 6 heteroatoms. The number of aromatic carboxylic acids is 1. The molecular weight excluding hydrogens is 314 g/mol. The van der Waals surface area contributed by atoms with Crippen molar-refractivity contribution in [3.63, 3.8) is 0 Å². The van der Waals surface area contributed by atoms with Crippen molar-refractivity contribution in [3.05, 3.63) is 23.8 Å². The summed E-state index contributed by atoms with van der Waals surface area (Å²) >= 11 is 3.36. The number of carbonyl (C=O) groups is 2. The maximum Gasteiger partial charge on any atom is 0.337 e. The van der Waals surface area contributed by atoms with E-state index < -0.39 is 5.97 Å². The third kappa shape index (κ3) is 2.73. The normalized spacial score (nSPS) is 18.7. The molecule has 1 aliphatic heterocycles. The van der Waals surface area contributed by atoms with Crippen LogP contribution < -0.4 is 9.64 Å². The summed E-state index contributed by atoms with van der Waals surface area (Å²) < 4.78 is 5.10. The second kappa shape index (κ2) is 5.61. The van der Waals surface area contributed by atoms with E-state index in [1.165, 1.54) is 18.1 Å². The maximum atomic E-state index is 12.0. The lowest BCUT2D eigenvalue weighted by Gasteiger charge is -2.19. The fourth-order valence-corrected chi connectivity index (χ4v) is 2.59. The summed E-state index contributed by atoms with van der Waals surface area (Å²) in [5.41, 5.74) is 0.518. The Kier molecular flexibility index (Phi) is 4.09. The smallest absolute Gasteiger partial charge is 0.337 e. The molecule has 0 saturated carbocycles. The van der Waals surface area contributed by atoms with Crippen LogP contribution in [-0.4, -0.2) is 36.0 Å². The van der Waals surface area contributed by atoms with Gasteiger partial charge in [0.05, 0.1) is 18.4 Å². The third-order valence-corrected chi connectivity index (χ3v) is 4.07. The lowest BCUT2D eigenvalue weighted by Crippen LogP contribution is -2.26. The number of ether oxygens (including phenoxy) is 1. The second-order valence-corrected chi connectivity index (χ2v) is 5.06. The van der Waals surface area contributed by atoms with E-state index in [1.54, 1.807) is 12.1 Å². The van der Waals surface area contributed by atoms with Crippen LogP contribution in [0.25, 0.3) is 0 Å². The number of carbonyl (C=O) groups excluding carboxylic acids is 1. The van der Waals surface area contributed by atoms with Gasteiger partial charge in [0.1, 0.15) is 5.75 Å². The summed E-state index contributed by atoms with van der Waals surface area (Å²) in [5, 5.41) is 9.93. The van der Waals surface area contributed by atoms with Gasteiger partial charge < -0.3 is 14.7 Å². The van der Waals surface area contributed by atoms with Crippen LogP contribution in [0.1, 0.15) is 16.8 Å². The van der Waals surface area contributed by atoms with Gasteiger partial charge in [0.2, 0.25) is 5.91 Å². The molecule has 5 nitrogen and oxygen atoms in total. The van der Waals surface area contributed by atoms with E-state index in [-0.39, 0.29) is 17.4 Å². The highest BCUT2D eigenvalue weighted by Crippen LogP contribution is 2.31. The highest BCUT2D eigenvalue weighted by molar-refractivity contribution is 9.09. The predicted octanol–water partition coefficient (Wildman–Crippen LogP) is 2.14. The first-order valence-corrected chi connectivity index (χ1v) is 6.96. The van der Waals surface area contributed by atoms with Crippen molar-refractivity contribution >= 4 is 33.5 Å². The van der Waals surface area contributed by atoms with Gasteiger partial charge in [-0.25, -0.2) is 4.79 Å². The van der Waals surface area contributed by atoms with Crippen molar-refractivity contribution in [1.29, 1.82) is 0 Å². The van der Waals surface area contributed by atoms with Crippen LogP contribution in [0.4, 0.5) is 5.69 Å². The summed E-state index contributed by atoms with van der Waals surface area (Å²) in [5.74, 6) is -0.358. The summed E-state index contributed by atoms with van der Waals surface area (Å²) in [7, 11) is 1.51. The number of benzene rings is 1. The summed E-state index contributed by atoms with van der Waals surface area (Å²) in [6.07, 6.45) is 0.432. The summed E-state index contributed by atoms with van der Waals surface area (Å²) in [6.45, 7) is 0.525. The zero-order valence-electron chi connectivity index (χ0n) is 10.4. The van der Waals surface area contributed by atoms with E-state index in [0.717, 1.165) is 5.33 Å². The molecule has 102 valence electrons. The van der Waals surface area contributed by atoms with Gasteiger partial charge in [-0.3, -0.25) is 4.79 Å². The lowest BCUT2D eigenvalue weighted by molar-refractivity contribution is -0.117. The Bertz CT molecular complexity index is 517. The first-order valence-electron chi connectivity index (χ1n) is 5.84. The molecule has 0 bridgehead atoms. The minimum Gasteiger partial charge on any atom is -0.497 e. The Balaban J connectivity index is 2.42. The number of alkyl halides is 1. The largest absolute Gasteiger partial charge is 0.497 e. The first kappa shape index (κ1) is 13.9. The molecule has 1 saturated heterocycles. The van der Waals surface area contributed by atoms with E-state index in [0.29, 0.717) is 24.4 Å². The Morgan fingerprint density at radius 3 is 2.84 bits per heavy atom. The molecule has 1 heterocycles. The Morgan fingerprint density at radius 1 is 1.58 bits per heavy atom. The molecule has 0 radical (unpaired) electrons. The number of hydrogen-bond donors (Lipinski definition) is 1. The number of anilines is 1. The second-order valence-electron chi connectivity index (χ2n) is 4.42. The van der Waals surface area contributed by atoms with Crippen LogP contribution in [0.15, 0.2) is 18.2 Å². The molecule has 2 rings (SSSR count). The van der Waals surface area contributed by atoms with Gasteiger partial charge in [0.15, 0.2) is 0 Å². The minimum atomic E-state index is -1.05. The SMILES string of the molecule is COc1ccc(C(=O)O)c(N2CC(CBr)CC2=O)c1. The average molecular weight is 328 g/mol. The molecule has 19 heavy (non-hydrogen) atoms. The molecule has 1 N–H and O–H groups in total. The standard InChI is InChI=1S/C13H14BrNO4/c1-19-9-2-3-10(13(17)18)11(5-9)15-7-8(6-14)4-12(15)16/h2-3,5,8H,4,6-7H2,1H3,(H,17,18). The molecular formula is C13H14BrNO4. The van der Waals surface area contributed by atoms with Crippen molar-refractivity contribution in [2.45, 2.75) is 6.42 Å². The number of methoxy groups -OCH3 is 1. The van der Waals surface area contributed by atoms with Crippen molar-refractivity contribution in [2.24, 2.45) is 5.92 Å². The molecule has 1 aromatic rings. The van der Waals surface area contributed by atoms with Gasteiger partial charge in [0, 0.05) is 24.4 Å². The van der Waals surface area contributed by atoms with Crippen molar-refractivity contribution in [1.82, 2.24) is 0 Å². The van der Waals surface area contributed by atoms with Gasteiger partial charge in [-0.05, 0) is 18.1 Å². The quantitative estimate of drug-likeness (QED) is 0.860. The molecule has 1 aromatic carbocycles.